The quantitative estimate of drug-likeness (QED) is 0.733. The van der Waals surface area contributed by atoms with E-state index >= 15 is 0 Å². The van der Waals surface area contributed by atoms with Crippen LogP contribution in [0.1, 0.15) is 26.7 Å². The number of benzene rings is 1. The summed E-state index contributed by atoms with van der Waals surface area (Å²) in [7, 11) is 0. The molecule has 3 rings (SSSR count). The molecule has 0 N–H and O–H groups in total. The second-order valence-electron chi connectivity index (χ2n) is 6.27. The van der Waals surface area contributed by atoms with Crippen molar-refractivity contribution in [1.82, 2.24) is 4.90 Å². The normalized spacial score (nSPS) is 24.5. The Labute approximate surface area is 133 Å². The zero-order chi connectivity index (χ0) is 15.4. The number of hydrogen-bond acceptors (Lipinski definition) is 2. The Morgan fingerprint density at radius 2 is 1.76 bits per heavy atom. The van der Waals surface area contributed by atoms with E-state index in [9.17, 15) is 9.59 Å². The first-order chi connectivity index (χ1) is 9.81. The smallest absolute Gasteiger partial charge is 0.311 e. The summed E-state index contributed by atoms with van der Waals surface area (Å²) >= 11 is 12.0. The summed E-state index contributed by atoms with van der Waals surface area (Å²) in [6, 6.07) is 4.07. The van der Waals surface area contributed by atoms with E-state index < -0.39 is 6.04 Å². The number of nitrogens with zero attached hydrogens (tertiary/aromatic N) is 2. The minimum absolute atomic E-state index is 0.192. The predicted octanol–water partition coefficient (Wildman–Crippen LogP) is 3.95. The Hall–Kier alpha value is -1.26. The zero-order valence-corrected chi connectivity index (χ0v) is 13.4. The van der Waals surface area contributed by atoms with Crippen molar-refractivity contribution >= 4 is 40.8 Å². The van der Waals surface area contributed by atoms with Gasteiger partial charge in [0.05, 0.1) is 5.69 Å². The van der Waals surface area contributed by atoms with Gasteiger partial charge in [-0.2, -0.15) is 0 Å². The van der Waals surface area contributed by atoms with Crippen LogP contribution in [0, 0.1) is 5.41 Å². The van der Waals surface area contributed by atoms with E-state index in [2.05, 4.69) is 0 Å². The molecule has 0 spiro atoms. The van der Waals surface area contributed by atoms with E-state index in [1.54, 1.807) is 23.1 Å². The largest absolute Gasteiger partial charge is 0.332 e. The molecule has 0 aromatic heterocycles. The van der Waals surface area contributed by atoms with Crippen molar-refractivity contribution in [1.29, 1.82) is 0 Å². The topological polar surface area (TPSA) is 40.6 Å². The molecule has 3 amide bonds. The summed E-state index contributed by atoms with van der Waals surface area (Å²) in [4.78, 5) is 28.2. The van der Waals surface area contributed by atoms with Crippen LogP contribution in [0.2, 0.25) is 10.0 Å². The van der Waals surface area contributed by atoms with Gasteiger partial charge in [0, 0.05) is 16.6 Å². The van der Waals surface area contributed by atoms with Crippen LogP contribution in [-0.4, -0.2) is 29.4 Å². The minimum atomic E-state index is -0.406. The lowest BCUT2D eigenvalue weighted by Crippen LogP contribution is -2.49. The fraction of sp³-hybridized carbons (Fsp3) is 0.467. The molecule has 0 aliphatic carbocycles. The fourth-order valence-corrected chi connectivity index (χ4v) is 3.83. The standard InChI is InChI=1S/C15H16Cl2N2O2/c1-15(2)4-3-5-18-12(15)13(20)19(14(18)21)11-7-9(16)6-10(17)8-11/h6-8,12H,3-5H2,1-2H3. The molecule has 2 aliphatic rings. The van der Waals surface area contributed by atoms with Gasteiger partial charge in [-0.25, -0.2) is 9.69 Å². The monoisotopic (exact) mass is 326 g/mol. The Balaban J connectivity index is 2.04. The summed E-state index contributed by atoms with van der Waals surface area (Å²) in [5.74, 6) is -0.192. The van der Waals surface area contributed by atoms with E-state index in [0.29, 0.717) is 22.3 Å². The van der Waals surface area contributed by atoms with E-state index in [1.165, 1.54) is 4.90 Å². The van der Waals surface area contributed by atoms with Gasteiger partial charge in [0.1, 0.15) is 6.04 Å². The molecule has 4 nitrogen and oxygen atoms in total. The van der Waals surface area contributed by atoms with Gasteiger partial charge in [0.15, 0.2) is 0 Å². The van der Waals surface area contributed by atoms with Crippen molar-refractivity contribution in [3.63, 3.8) is 0 Å². The third-order valence-electron chi connectivity index (χ3n) is 4.27. The number of amides is 3. The number of urea groups is 1. The SMILES string of the molecule is CC1(C)CCCN2C(=O)N(c3cc(Cl)cc(Cl)c3)C(=O)C21. The van der Waals surface area contributed by atoms with Crippen molar-refractivity contribution in [3.05, 3.63) is 28.2 Å². The van der Waals surface area contributed by atoms with Crippen LogP contribution in [0.4, 0.5) is 10.5 Å². The van der Waals surface area contributed by atoms with Crippen LogP contribution in [-0.2, 0) is 4.79 Å². The number of rotatable bonds is 1. The van der Waals surface area contributed by atoms with Gasteiger partial charge < -0.3 is 4.90 Å². The fourth-order valence-electron chi connectivity index (χ4n) is 3.32. The maximum atomic E-state index is 12.8. The number of anilines is 1. The summed E-state index contributed by atoms with van der Waals surface area (Å²) in [6.45, 7) is 4.68. The van der Waals surface area contributed by atoms with Crippen molar-refractivity contribution < 1.29 is 9.59 Å². The summed E-state index contributed by atoms with van der Waals surface area (Å²) < 4.78 is 0. The maximum absolute atomic E-state index is 12.8. The lowest BCUT2D eigenvalue weighted by atomic mass is 9.77. The molecule has 2 fully saturated rings. The van der Waals surface area contributed by atoms with E-state index in [0.717, 1.165) is 12.8 Å². The number of imide groups is 1. The van der Waals surface area contributed by atoms with Gasteiger partial charge in [-0.05, 0) is 36.5 Å². The molecule has 1 atom stereocenters. The Morgan fingerprint density at radius 3 is 2.33 bits per heavy atom. The highest BCUT2D eigenvalue weighted by Gasteiger charge is 2.54. The Bertz CT molecular complexity index is 610. The number of hydrogen-bond donors (Lipinski definition) is 0. The van der Waals surface area contributed by atoms with E-state index in [4.69, 9.17) is 23.2 Å². The molecular formula is C15H16Cl2N2O2. The molecule has 1 aromatic carbocycles. The Morgan fingerprint density at radius 1 is 1.14 bits per heavy atom. The highest BCUT2D eigenvalue weighted by molar-refractivity contribution is 6.35. The average molecular weight is 327 g/mol. The van der Waals surface area contributed by atoms with Crippen LogP contribution in [0.25, 0.3) is 0 Å². The van der Waals surface area contributed by atoms with Gasteiger partial charge >= 0.3 is 6.03 Å². The summed E-state index contributed by atoms with van der Waals surface area (Å²) in [6.07, 6.45) is 1.84. The molecule has 0 radical (unpaired) electrons. The van der Waals surface area contributed by atoms with Gasteiger partial charge in [0.2, 0.25) is 0 Å². The van der Waals surface area contributed by atoms with E-state index in [1.807, 2.05) is 13.8 Å². The molecule has 1 aromatic rings. The van der Waals surface area contributed by atoms with Crippen LogP contribution in [0.5, 0.6) is 0 Å². The first-order valence-electron chi connectivity index (χ1n) is 6.92. The number of carbonyl (C=O) groups excluding carboxylic acids is 2. The molecule has 6 heteroatoms. The Kier molecular flexibility index (Phi) is 3.41. The molecule has 0 bridgehead atoms. The van der Waals surface area contributed by atoms with Gasteiger partial charge in [-0.3, -0.25) is 4.79 Å². The summed E-state index contributed by atoms with van der Waals surface area (Å²) in [5.41, 5.74) is 0.218. The molecular weight excluding hydrogens is 311 g/mol. The zero-order valence-electron chi connectivity index (χ0n) is 11.9. The number of fused-ring (bicyclic) bond motifs is 1. The molecule has 112 valence electrons. The highest BCUT2D eigenvalue weighted by atomic mass is 35.5. The first-order valence-corrected chi connectivity index (χ1v) is 7.67. The number of halogens is 2. The molecule has 2 aliphatic heterocycles. The van der Waals surface area contributed by atoms with E-state index in [-0.39, 0.29) is 17.4 Å². The third kappa shape index (κ3) is 2.30. The van der Waals surface area contributed by atoms with Crippen LogP contribution >= 0.6 is 23.2 Å². The molecule has 2 saturated heterocycles. The number of carbonyl (C=O) groups is 2. The lowest BCUT2D eigenvalue weighted by molar-refractivity contribution is -0.124. The van der Waals surface area contributed by atoms with Crippen molar-refractivity contribution in [2.24, 2.45) is 5.41 Å². The molecule has 0 saturated carbocycles. The number of piperidine rings is 1. The predicted molar refractivity (Wildman–Crippen MR) is 82.9 cm³/mol. The molecule has 21 heavy (non-hydrogen) atoms. The van der Waals surface area contributed by atoms with Gasteiger partial charge in [0.25, 0.3) is 5.91 Å². The van der Waals surface area contributed by atoms with Gasteiger partial charge in [-0.1, -0.05) is 37.0 Å². The molecule has 1 unspecified atom stereocenters. The van der Waals surface area contributed by atoms with Crippen molar-refractivity contribution in [3.8, 4) is 0 Å². The van der Waals surface area contributed by atoms with Gasteiger partial charge in [-0.15, -0.1) is 0 Å². The molecule has 2 heterocycles. The van der Waals surface area contributed by atoms with Crippen molar-refractivity contribution in [2.75, 3.05) is 11.4 Å². The van der Waals surface area contributed by atoms with Crippen LogP contribution < -0.4 is 4.90 Å². The van der Waals surface area contributed by atoms with Crippen LogP contribution in [0.15, 0.2) is 18.2 Å². The third-order valence-corrected chi connectivity index (χ3v) is 4.71. The highest BCUT2D eigenvalue weighted by Crippen LogP contribution is 2.41. The maximum Gasteiger partial charge on any atom is 0.332 e. The lowest BCUT2D eigenvalue weighted by Gasteiger charge is -2.39. The second-order valence-corrected chi connectivity index (χ2v) is 7.14. The minimum Gasteiger partial charge on any atom is -0.311 e. The first kappa shape index (κ1) is 14.7. The summed E-state index contributed by atoms with van der Waals surface area (Å²) in [5, 5.41) is 0.810. The average Bonchev–Trinajstić information content (AvgIpc) is 2.61. The van der Waals surface area contributed by atoms with Crippen LogP contribution in [0.3, 0.4) is 0 Å². The second kappa shape index (κ2) is 4.89. The van der Waals surface area contributed by atoms with Crippen molar-refractivity contribution in [2.45, 2.75) is 32.7 Å².